The van der Waals surface area contributed by atoms with Crippen LogP contribution in [0.15, 0.2) is 33.8 Å². The summed E-state index contributed by atoms with van der Waals surface area (Å²) in [5, 5.41) is 7.24. The largest absolute Gasteiger partial charge is 0.497 e. The van der Waals surface area contributed by atoms with Gasteiger partial charge in [0.2, 0.25) is 5.89 Å². The fraction of sp³-hybridized carbons (Fsp3) is 0.550. The van der Waals surface area contributed by atoms with Crippen molar-refractivity contribution in [3.8, 4) is 5.75 Å². The number of aromatic nitrogens is 2. The number of hydrogen-bond acceptors (Lipinski definition) is 6. The third-order valence-electron chi connectivity index (χ3n) is 4.71. The van der Waals surface area contributed by atoms with Gasteiger partial charge in [0.25, 0.3) is 0 Å². The molecule has 2 aromatic rings. The summed E-state index contributed by atoms with van der Waals surface area (Å²) in [6.45, 7) is 9.32. The lowest BCUT2D eigenvalue weighted by Gasteiger charge is -2.37. The minimum absolute atomic E-state index is 0.681. The van der Waals surface area contributed by atoms with Crippen molar-refractivity contribution in [2.45, 2.75) is 26.7 Å². The number of hydrogen-bond donors (Lipinski definition) is 1. The van der Waals surface area contributed by atoms with Gasteiger partial charge in [-0.05, 0) is 32.4 Å². The summed E-state index contributed by atoms with van der Waals surface area (Å²) in [6, 6.07) is 8.24. The Kier molecular flexibility index (Phi) is 7.11. The molecule has 152 valence electrons. The third kappa shape index (κ3) is 5.37. The molecule has 0 unspecified atom stereocenters. The van der Waals surface area contributed by atoms with Crippen molar-refractivity contribution in [3.63, 3.8) is 0 Å². The number of rotatable bonds is 7. The summed E-state index contributed by atoms with van der Waals surface area (Å²) in [7, 11) is 1.70. The zero-order valence-electron chi connectivity index (χ0n) is 17.0. The summed E-state index contributed by atoms with van der Waals surface area (Å²) in [5.41, 5.74) is 1.20. The van der Waals surface area contributed by atoms with Crippen molar-refractivity contribution in [1.29, 1.82) is 0 Å². The second-order valence-corrected chi connectivity index (χ2v) is 6.75. The van der Waals surface area contributed by atoms with Gasteiger partial charge in [-0.1, -0.05) is 11.2 Å². The van der Waals surface area contributed by atoms with Crippen LogP contribution in [0.1, 0.15) is 25.1 Å². The fourth-order valence-electron chi connectivity index (χ4n) is 3.27. The number of nitrogens with one attached hydrogen (secondary N) is 1. The third-order valence-corrected chi connectivity index (χ3v) is 4.71. The summed E-state index contributed by atoms with van der Waals surface area (Å²) < 4.78 is 10.5. The van der Waals surface area contributed by atoms with E-state index in [1.807, 2.05) is 19.1 Å². The van der Waals surface area contributed by atoms with Gasteiger partial charge in [0.1, 0.15) is 5.75 Å². The molecule has 3 rings (SSSR count). The van der Waals surface area contributed by atoms with E-state index in [2.05, 4.69) is 44.3 Å². The van der Waals surface area contributed by atoms with Gasteiger partial charge in [-0.3, -0.25) is 4.99 Å². The molecule has 0 spiro atoms. The number of aliphatic imine (C=N–C) groups is 1. The molecule has 1 fully saturated rings. The number of nitrogens with zero attached hydrogens (tertiary/aromatic N) is 5. The molecule has 1 N–H and O–H groups in total. The molecule has 0 bridgehead atoms. The van der Waals surface area contributed by atoms with Gasteiger partial charge in [-0.25, -0.2) is 0 Å². The van der Waals surface area contributed by atoms with E-state index in [4.69, 9.17) is 14.3 Å². The lowest BCUT2D eigenvalue weighted by atomic mass is 10.2. The van der Waals surface area contributed by atoms with Crippen molar-refractivity contribution in [2.75, 3.05) is 51.3 Å². The standard InChI is InChI=1S/C20H30N6O2/c1-4-21-20(22-10-6-9-19-23-16(2)24-28-19)26-13-11-25(12-14-26)17-7-5-8-18(15-17)27-3/h5,7-8,15H,4,6,9-14H2,1-3H3,(H,21,22). The molecule has 0 saturated carbocycles. The van der Waals surface area contributed by atoms with Crippen LogP contribution in [-0.4, -0.2) is 67.4 Å². The Bertz CT molecular complexity index is 768. The minimum Gasteiger partial charge on any atom is -0.497 e. The zero-order chi connectivity index (χ0) is 19.8. The van der Waals surface area contributed by atoms with Gasteiger partial charge in [0.05, 0.1) is 7.11 Å². The van der Waals surface area contributed by atoms with Crippen LogP contribution in [0, 0.1) is 6.92 Å². The molecule has 8 nitrogen and oxygen atoms in total. The maximum atomic E-state index is 5.34. The van der Waals surface area contributed by atoms with Gasteiger partial charge in [-0.15, -0.1) is 0 Å². The van der Waals surface area contributed by atoms with Crippen molar-refractivity contribution in [3.05, 3.63) is 36.0 Å². The molecule has 1 saturated heterocycles. The molecule has 1 aromatic carbocycles. The van der Waals surface area contributed by atoms with Crippen LogP contribution < -0.4 is 15.0 Å². The summed E-state index contributed by atoms with van der Waals surface area (Å²) >= 11 is 0. The van der Waals surface area contributed by atoms with Crippen molar-refractivity contribution >= 4 is 11.6 Å². The van der Waals surface area contributed by atoms with Crippen LogP contribution in [0.3, 0.4) is 0 Å². The summed E-state index contributed by atoms with van der Waals surface area (Å²) in [4.78, 5) is 13.7. The number of benzene rings is 1. The minimum atomic E-state index is 0.681. The first-order valence-corrected chi connectivity index (χ1v) is 9.91. The molecule has 0 aliphatic carbocycles. The first-order valence-electron chi connectivity index (χ1n) is 9.91. The summed E-state index contributed by atoms with van der Waals surface area (Å²) in [5.74, 6) is 3.24. The van der Waals surface area contributed by atoms with Crippen molar-refractivity contribution < 1.29 is 9.26 Å². The van der Waals surface area contributed by atoms with E-state index in [0.717, 1.165) is 63.8 Å². The normalized spacial score (nSPS) is 15.0. The highest BCUT2D eigenvalue weighted by molar-refractivity contribution is 5.80. The number of methoxy groups -OCH3 is 1. The van der Waals surface area contributed by atoms with Crippen LogP contribution in [0.4, 0.5) is 5.69 Å². The van der Waals surface area contributed by atoms with Crippen LogP contribution in [-0.2, 0) is 6.42 Å². The predicted octanol–water partition coefficient (Wildman–Crippen LogP) is 2.11. The van der Waals surface area contributed by atoms with Crippen LogP contribution >= 0.6 is 0 Å². The second-order valence-electron chi connectivity index (χ2n) is 6.75. The Balaban J connectivity index is 1.51. The average Bonchev–Trinajstić information content (AvgIpc) is 3.15. The molecule has 0 radical (unpaired) electrons. The Morgan fingerprint density at radius 2 is 2.11 bits per heavy atom. The summed E-state index contributed by atoms with van der Waals surface area (Å²) in [6.07, 6.45) is 1.65. The van der Waals surface area contributed by atoms with E-state index in [-0.39, 0.29) is 0 Å². The van der Waals surface area contributed by atoms with E-state index in [1.165, 1.54) is 5.69 Å². The number of aryl methyl sites for hydroxylation is 2. The zero-order valence-corrected chi connectivity index (χ0v) is 17.0. The maximum absolute atomic E-state index is 5.34. The first kappa shape index (κ1) is 20.0. The van der Waals surface area contributed by atoms with E-state index >= 15 is 0 Å². The smallest absolute Gasteiger partial charge is 0.226 e. The second kappa shape index (κ2) is 9.96. The number of ether oxygens (including phenoxy) is 1. The fourth-order valence-corrected chi connectivity index (χ4v) is 3.27. The van der Waals surface area contributed by atoms with E-state index in [0.29, 0.717) is 11.7 Å². The number of piperazine rings is 1. The highest BCUT2D eigenvalue weighted by atomic mass is 16.5. The Hall–Kier alpha value is -2.77. The van der Waals surface area contributed by atoms with Gasteiger partial charge in [0, 0.05) is 57.4 Å². The topological polar surface area (TPSA) is 79.0 Å². The monoisotopic (exact) mass is 386 g/mol. The van der Waals surface area contributed by atoms with Crippen molar-refractivity contribution in [2.24, 2.45) is 4.99 Å². The lowest BCUT2D eigenvalue weighted by Crippen LogP contribution is -2.52. The molecular weight excluding hydrogens is 356 g/mol. The van der Waals surface area contributed by atoms with Crippen LogP contribution in [0.25, 0.3) is 0 Å². The molecule has 0 atom stereocenters. The maximum Gasteiger partial charge on any atom is 0.226 e. The molecule has 0 amide bonds. The molecule has 8 heteroatoms. The number of guanidine groups is 1. The lowest BCUT2D eigenvalue weighted by molar-refractivity contribution is 0.368. The molecular formula is C20H30N6O2. The van der Waals surface area contributed by atoms with Crippen LogP contribution in [0.5, 0.6) is 5.75 Å². The average molecular weight is 387 g/mol. The SMILES string of the molecule is CCNC(=NCCCc1nc(C)no1)N1CCN(c2cccc(OC)c2)CC1. The number of anilines is 1. The first-order chi connectivity index (χ1) is 13.7. The highest BCUT2D eigenvalue weighted by Crippen LogP contribution is 2.22. The molecule has 1 aliphatic rings. The molecule has 1 aromatic heterocycles. The molecule has 28 heavy (non-hydrogen) atoms. The quantitative estimate of drug-likeness (QED) is 0.443. The van der Waals surface area contributed by atoms with E-state index < -0.39 is 0 Å². The predicted molar refractivity (Wildman–Crippen MR) is 110 cm³/mol. The molecule has 2 heterocycles. The van der Waals surface area contributed by atoms with Gasteiger partial charge in [-0.2, -0.15) is 4.98 Å². The Morgan fingerprint density at radius 3 is 2.79 bits per heavy atom. The van der Waals surface area contributed by atoms with E-state index in [9.17, 15) is 0 Å². The van der Waals surface area contributed by atoms with Gasteiger partial charge in [0.15, 0.2) is 11.8 Å². The van der Waals surface area contributed by atoms with Crippen LogP contribution in [0.2, 0.25) is 0 Å². The Morgan fingerprint density at radius 1 is 1.29 bits per heavy atom. The van der Waals surface area contributed by atoms with Gasteiger partial charge < -0.3 is 24.4 Å². The van der Waals surface area contributed by atoms with Crippen molar-refractivity contribution in [1.82, 2.24) is 20.4 Å². The van der Waals surface area contributed by atoms with E-state index in [1.54, 1.807) is 7.11 Å². The molecule has 1 aliphatic heterocycles. The Labute approximate surface area is 166 Å². The van der Waals surface area contributed by atoms with Gasteiger partial charge >= 0.3 is 0 Å². The highest BCUT2D eigenvalue weighted by Gasteiger charge is 2.20.